The van der Waals surface area contributed by atoms with Crippen LogP contribution in [0.15, 0.2) is 22.5 Å². The molecule has 3 N–H and O–H groups in total. The van der Waals surface area contributed by atoms with Gasteiger partial charge in [-0.05, 0) is 44.0 Å². The van der Waals surface area contributed by atoms with Crippen molar-refractivity contribution >= 4 is 45.9 Å². The first-order valence-corrected chi connectivity index (χ1v) is 8.95. The van der Waals surface area contributed by atoms with E-state index in [9.17, 15) is 9.59 Å². The van der Waals surface area contributed by atoms with Gasteiger partial charge in [-0.15, -0.1) is 10.2 Å². The van der Waals surface area contributed by atoms with Crippen molar-refractivity contribution in [1.29, 1.82) is 0 Å². The van der Waals surface area contributed by atoms with Gasteiger partial charge in [0, 0.05) is 12.7 Å². The number of thioether (sulfide) groups is 1. The first-order valence-electron chi connectivity index (χ1n) is 7.26. The molecule has 24 heavy (non-hydrogen) atoms. The summed E-state index contributed by atoms with van der Waals surface area (Å²) in [6, 6.07) is 5.54. The van der Waals surface area contributed by atoms with Crippen molar-refractivity contribution in [2.24, 2.45) is 0 Å². The first-order chi connectivity index (χ1) is 11.4. The summed E-state index contributed by atoms with van der Waals surface area (Å²) in [5.74, 6) is -0.377. The molecule has 2 aromatic rings. The number of hydrogen-bond acceptors (Lipinski definition) is 7. The lowest BCUT2D eigenvalue weighted by Crippen LogP contribution is -2.41. The Morgan fingerprint density at radius 1 is 1.21 bits per heavy atom. The summed E-state index contributed by atoms with van der Waals surface area (Å²) >= 11 is 2.61. The zero-order valence-corrected chi connectivity index (χ0v) is 15.5. The van der Waals surface area contributed by atoms with Crippen LogP contribution in [0, 0.1) is 13.8 Å². The third-order valence-electron chi connectivity index (χ3n) is 3.28. The topological polar surface area (TPSA) is 96.0 Å². The summed E-state index contributed by atoms with van der Waals surface area (Å²) in [5.41, 5.74) is 3.36. The van der Waals surface area contributed by atoms with Crippen LogP contribution in [-0.2, 0) is 4.79 Å². The Morgan fingerprint density at radius 2 is 1.96 bits per heavy atom. The molecular formula is C15H19N5O2S2. The predicted octanol–water partition coefficient (Wildman–Crippen LogP) is 2.83. The lowest BCUT2D eigenvalue weighted by molar-refractivity contribution is -0.119. The third-order valence-corrected chi connectivity index (χ3v) is 5.30. The van der Waals surface area contributed by atoms with Crippen LogP contribution >= 0.6 is 23.1 Å². The minimum atomic E-state index is -0.526. The maximum Gasteiger partial charge on any atom is 0.321 e. The van der Waals surface area contributed by atoms with E-state index in [1.54, 1.807) is 6.92 Å². The van der Waals surface area contributed by atoms with Crippen LogP contribution < -0.4 is 16.0 Å². The molecule has 7 nitrogen and oxygen atoms in total. The van der Waals surface area contributed by atoms with Crippen LogP contribution in [0.4, 0.5) is 15.6 Å². The van der Waals surface area contributed by atoms with Gasteiger partial charge in [0.25, 0.3) is 0 Å². The molecule has 0 unspecified atom stereocenters. The number of carbonyl (C=O) groups is 2. The number of carbonyl (C=O) groups excluding carboxylic acids is 2. The zero-order valence-electron chi connectivity index (χ0n) is 13.8. The molecule has 2 rings (SSSR count). The molecule has 128 valence electrons. The zero-order chi connectivity index (χ0) is 17.7. The highest BCUT2D eigenvalue weighted by atomic mass is 32.2. The summed E-state index contributed by atoms with van der Waals surface area (Å²) < 4.78 is 0.654. The molecule has 0 saturated heterocycles. The SMILES string of the molecule is CNC(=O)NC(=O)[C@@H](C)Sc1nnc(Nc2ccc(C)c(C)c2)s1. The van der Waals surface area contributed by atoms with E-state index in [4.69, 9.17) is 0 Å². The maximum absolute atomic E-state index is 11.8. The van der Waals surface area contributed by atoms with E-state index in [0.29, 0.717) is 9.47 Å². The lowest BCUT2D eigenvalue weighted by atomic mass is 10.1. The molecule has 0 spiro atoms. The summed E-state index contributed by atoms with van der Waals surface area (Å²) in [6.45, 7) is 5.82. The number of anilines is 2. The third kappa shape index (κ3) is 4.93. The van der Waals surface area contributed by atoms with Crippen molar-refractivity contribution < 1.29 is 9.59 Å². The van der Waals surface area contributed by atoms with Crippen LogP contribution in [0.1, 0.15) is 18.1 Å². The van der Waals surface area contributed by atoms with Crippen molar-refractivity contribution in [3.8, 4) is 0 Å². The number of rotatable bonds is 5. The highest BCUT2D eigenvalue weighted by Crippen LogP contribution is 2.30. The van der Waals surface area contributed by atoms with Crippen LogP contribution in [0.3, 0.4) is 0 Å². The Bertz CT molecular complexity index is 747. The van der Waals surface area contributed by atoms with Gasteiger partial charge >= 0.3 is 6.03 Å². The van der Waals surface area contributed by atoms with E-state index >= 15 is 0 Å². The van der Waals surface area contributed by atoms with Crippen molar-refractivity contribution in [2.75, 3.05) is 12.4 Å². The Kier molecular flexibility index (Phi) is 6.16. The van der Waals surface area contributed by atoms with E-state index < -0.39 is 11.3 Å². The summed E-state index contributed by atoms with van der Waals surface area (Å²) in [4.78, 5) is 23.0. The second-order valence-electron chi connectivity index (χ2n) is 5.13. The van der Waals surface area contributed by atoms with Gasteiger partial charge in [-0.1, -0.05) is 29.2 Å². The van der Waals surface area contributed by atoms with Crippen LogP contribution in [0.25, 0.3) is 0 Å². The van der Waals surface area contributed by atoms with Crippen molar-refractivity contribution in [1.82, 2.24) is 20.8 Å². The molecular weight excluding hydrogens is 346 g/mol. The Labute approximate surface area is 148 Å². The number of nitrogens with zero attached hydrogens (tertiary/aromatic N) is 2. The number of nitrogens with one attached hydrogen (secondary N) is 3. The van der Waals surface area contributed by atoms with Gasteiger partial charge in [-0.25, -0.2) is 4.79 Å². The molecule has 1 atom stereocenters. The molecule has 0 aliphatic carbocycles. The van der Waals surface area contributed by atoms with Gasteiger partial charge in [0.2, 0.25) is 11.0 Å². The van der Waals surface area contributed by atoms with Crippen molar-refractivity contribution in [2.45, 2.75) is 30.4 Å². The fraction of sp³-hybridized carbons (Fsp3) is 0.333. The van der Waals surface area contributed by atoms with E-state index in [1.165, 1.54) is 41.3 Å². The Balaban J connectivity index is 1.96. The predicted molar refractivity (Wildman–Crippen MR) is 97.0 cm³/mol. The number of amides is 3. The summed E-state index contributed by atoms with van der Waals surface area (Å²) in [7, 11) is 1.45. The Morgan fingerprint density at radius 3 is 2.62 bits per heavy atom. The van der Waals surface area contributed by atoms with Crippen LogP contribution in [0.5, 0.6) is 0 Å². The van der Waals surface area contributed by atoms with E-state index in [0.717, 1.165) is 5.69 Å². The Hall–Kier alpha value is -2.13. The number of urea groups is 1. The van der Waals surface area contributed by atoms with Gasteiger partial charge in [-0.2, -0.15) is 0 Å². The number of aromatic nitrogens is 2. The normalized spacial score (nSPS) is 11.7. The standard InChI is InChI=1S/C15H19N5O2S2/c1-8-5-6-11(7-9(8)2)17-14-19-20-15(24-14)23-10(3)12(21)18-13(22)16-4/h5-7,10H,1-4H3,(H,17,19)(H2,16,18,21,22)/t10-/m1/s1. The molecule has 0 bridgehead atoms. The molecule has 1 heterocycles. The number of hydrogen-bond donors (Lipinski definition) is 3. The summed E-state index contributed by atoms with van der Waals surface area (Å²) in [5, 5.41) is 16.1. The highest BCUT2D eigenvalue weighted by molar-refractivity contribution is 8.02. The first kappa shape index (κ1) is 18.2. The monoisotopic (exact) mass is 365 g/mol. The van der Waals surface area contributed by atoms with Crippen molar-refractivity contribution in [3.63, 3.8) is 0 Å². The number of imide groups is 1. The minimum Gasteiger partial charge on any atom is -0.341 e. The molecule has 0 saturated carbocycles. The van der Waals surface area contributed by atoms with E-state index in [2.05, 4.69) is 40.0 Å². The van der Waals surface area contributed by atoms with Gasteiger partial charge in [0.05, 0.1) is 5.25 Å². The smallest absolute Gasteiger partial charge is 0.321 e. The minimum absolute atomic E-state index is 0.377. The fourth-order valence-corrected chi connectivity index (χ4v) is 3.65. The molecule has 9 heteroatoms. The quantitative estimate of drug-likeness (QED) is 0.705. The van der Waals surface area contributed by atoms with Crippen molar-refractivity contribution in [3.05, 3.63) is 29.3 Å². The van der Waals surface area contributed by atoms with E-state index in [1.807, 2.05) is 18.2 Å². The second-order valence-corrected chi connectivity index (χ2v) is 7.69. The van der Waals surface area contributed by atoms with Gasteiger partial charge < -0.3 is 10.6 Å². The molecule has 0 aliphatic heterocycles. The average molecular weight is 365 g/mol. The molecule has 1 aromatic carbocycles. The molecule has 0 fully saturated rings. The molecule has 3 amide bonds. The van der Waals surface area contributed by atoms with Gasteiger partial charge in [-0.3, -0.25) is 10.1 Å². The van der Waals surface area contributed by atoms with Gasteiger partial charge in [0.15, 0.2) is 4.34 Å². The highest BCUT2D eigenvalue weighted by Gasteiger charge is 2.18. The largest absolute Gasteiger partial charge is 0.341 e. The lowest BCUT2D eigenvalue weighted by Gasteiger charge is -2.08. The molecule has 0 radical (unpaired) electrons. The average Bonchev–Trinajstić information content (AvgIpc) is 2.97. The molecule has 0 aliphatic rings. The summed E-state index contributed by atoms with van der Waals surface area (Å²) in [6.07, 6.45) is 0. The van der Waals surface area contributed by atoms with Gasteiger partial charge in [0.1, 0.15) is 0 Å². The fourth-order valence-electron chi connectivity index (χ4n) is 1.73. The second kappa shape index (κ2) is 8.11. The maximum atomic E-state index is 11.8. The van der Waals surface area contributed by atoms with Crippen LogP contribution in [0.2, 0.25) is 0 Å². The molecule has 1 aromatic heterocycles. The number of aryl methyl sites for hydroxylation is 2. The van der Waals surface area contributed by atoms with E-state index in [-0.39, 0.29) is 5.91 Å². The number of benzene rings is 1. The van der Waals surface area contributed by atoms with Crippen LogP contribution in [-0.4, -0.2) is 34.4 Å².